The first-order valence-corrected chi connectivity index (χ1v) is 8.74. The van der Waals surface area contributed by atoms with Crippen LogP contribution in [0.1, 0.15) is 33.1 Å². The zero-order valence-electron chi connectivity index (χ0n) is 14.6. The van der Waals surface area contributed by atoms with E-state index < -0.39 is 0 Å². The highest BCUT2D eigenvalue weighted by atomic mass is 16.5. The second-order valence-corrected chi connectivity index (χ2v) is 6.50. The fourth-order valence-corrected chi connectivity index (χ4v) is 3.46. The number of likely N-dealkylation sites (N-methyl/N-ethyl adjacent to an activating group) is 1. The summed E-state index contributed by atoms with van der Waals surface area (Å²) in [6.45, 7) is 8.02. The number of nitrogens with two attached hydrogens (primary N) is 1. The first kappa shape index (κ1) is 17.8. The number of anilines is 1. The van der Waals surface area contributed by atoms with E-state index in [9.17, 15) is 4.79 Å². The molecule has 3 atom stereocenters. The molecule has 1 aliphatic rings. The lowest BCUT2D eigenvalue weighted by Gasteiger charge is -2.20. The molecule has 23 heavy (non-hydrogen) atoms. The molecule has 0 aromatic heterocycles. The van der Waals surface area contributed by atoms with Crippen LogP contribution in [0, 0.1) is 0 Å². The van der Waals surface area contributed by atoms with Gasteiger partial charge in [0.2, 0.25) is 5.91 Å². The van der Waals surface area contributed by atoms with Gasteiger partial charge in [-0.05, 0) is 26.0 Å². The van der Waals surface area contributed by atoms with E-state index in [2.05, 4.69) is 24.5 Å². The summed E-state index contributed by atoms with van der Waals surface area (Å²) in [7, 11) is 1.62. The van der Waals surface area contributed by atoms with Crippen LogP contribution in [0.4, 0.5) is 5.69 Å². The van der Waals surface area contributed by atoms with Crippen molar-refractivity contribution in [1.82, 2.24) is 0 Å². The Morgan fingerprint density at radius 2 is 2.26 bits per heavy atom. The molecule has 1 amide bonds. The molecule has 1 heterocycles. The highest BCUT2D eigenvalue weighted by Gasteiger charge is 2.29. The Morgan fingerprint density at radius 1 is 1.48 bits per heavy atom. The van der Waals surface area contributed by atoms with E-state index in [-0.39, 0.29) is 5.91 Å². The van der Waals surface area contributed by atoms with Crippen LogP contribution < -0.4 is 20.3 Å². The minimum Gasteiger partial charge on any atom is -0.495 e. The van der Waals surface area contributed by atoms with Gasteiger partial charge < -0.3 is 20.3 Å². The number of hydrogen-bond acceptors (Lipinski definition) is 2. The first-order valence-electron chi connectivity index (χ1n) is 8.74. The predicted octanol–water partition coefficient (Wildman–Crippen LogP) is 0.0429. The Labute approximate surface area is 139 Å². The van der Waals surface area contributed by atoms with Crippen LogP contribution in [0.5, 0.6) is 5.75 Å². The third-order valence-corrected chi connectivity index (χ3v) is 4.79. The average Bonchev–Trinajstić information content (AvgIpc) is 3.01. The number of likely N-dealkylation sites (tertiary alicyclic amines) is 1. The summed E-state index contributed by atoms with van der Waals surface area (Å²) in [4.78, 5) is 13.9. The molecule has 0 spiro atoms. The quantitative estimate of drug-likeness (QED) is 0.633. The monoisotopic (exact) mass is 321 g/mol. The van der Waals surface area contributed by atoms with Crippen LogP contribution >= 0.6 is 0 Å². The van der Waals surface area contributed by atoms with Crippen LogP contribution in [-0.4, -0.2) is 44.7 Å². The number of carbonyl (C=O) groups is 1. The van der Waals surface area contributed by atoms with Gasteiger partial charge in [0.15, 0.2) is 0 Å². The fraction of sp³-hybridized carbons (Fsp3) is 0.611. The Kier molecular flexibility index (Phi) is 6.86. The maximum Gasteiger partial charge on any atom is 0.230 e. The van der Waals surface area contributed by atoms with Gasteiger partial charge in [0.05, 0.1) is 38.3 Å². The maximum absolute atomic E-state index is 12.2. The molecule has 1 unspecified atom stereocenters. The van der Waals surface area contributed by atoms with Gasteiger partial charge in [-0.1, -0.05) is 12.1 Å². The van der Waals surface area contributed by atoms with E-state index in [4.69, 9.17) is 4.74 Å². The van der Waals surface area contributed by atoms with Crippen molar-refractivity contribution in [2.75, 3.05) is 32.1 Å². The standard InChI is InChI=1S/C18H29N3O2/c1-4-21-11-7-8-15(21)13-19-14(2)12-18(22)20-16-9-5-6-10-17(16)23-3/h5-6,9-10,14-15,19H,4,7-8,11-13H2,1-3H3,(H,20,22)/p+2/t14-,15-/m0/s1. The van der Waals surface area contributed by atoms with Crippen molar-refractivity contribution in [3.8, 4) is 5.75 Å². The molecule has 1 aliphatic heterocycles. The smallest absolute Gasteiger partial charge is 0.230 e. The Morgan fingerprint density at radius 3 is 3.00 bits per heavy atom. The molecule has 1 aromatic rings. The van der Waals surface area contributed by atoms with Crippen molar-refractivity contribution < 1.29 is 19.7 Å². The number of benzene rings is 1. The lowest BCUT2D eigenvalue weighted by molar-refractivity contribution is -0.925. The largest absolute Gasteiger partial charge is 0.495 e. The van der Waals surface area contributed by atoms with E-state index in [1.165, 1.54) is 25.9 Å². The minimum atomic E-state index is 0.0457. The van der Waals surface area contributed by atoms with E-state index in [1.807, 2.05) is 24.3 Å². The Hall–Kier alpha value is -1.59. The van der Waals surface area contributed by atoms with Crippen LogP contribution in [-0.2, 0) is 4.79 Å². The van der Waals surface area contributed by atoms with E-state index >= 15 is 0 Å². The number of amides is 1. The zero-order valence-corrected chi connectivity index (χ0v) is 14.6. The molecular weight excluding hydrogens is 290 g/mol. The van der Waals surface area contributed by atoms with E-state index in [1.54, 1.807) is 12.0 Å². The number of hydrogen-bond donors (Lipinski definition) is 3. The van der Waals surface area contributed by atoms with Crippen molar-refractivity contribution in [2.24, 2.45) is 0 Å². The molecule has 0 aliphatic carbocycles. The van der Waals surface area contributed by atoms with Crippen LogP contribution in [0.25, 0.3) is 0 Å². The van der Waals surface area contributed by atoms with Gasteiger partial charge >= 0.3 is 0 Å². The van der Waals surface area contributed by atoms with Gasteiger partial charge in [0.25, 0.3) is 0 Å². The van der Waals surface area contributed by atoms with Gasteiger partial charge in [-0.3, -0.25) is 4.79 Å². The molecule has 5 nitrogen and oxygen atoms in total. The van der Waals surface area contributed by atoms with Crippen molar-refractivity contribution in [2.45, 2.75) is 45.2 Å². The van der Waals surface area contributed by atoms with Crippen LogP contribution in [0.3, 0.4) is 0 Å². The van der Waals surface area contributed by atoms with Crippen molar-refractivity contribution in [3.05, 3.63) is 24.3 Å². The van der Waals surface area contributed by atoms with E-state index in [0.717, 1.165) is 18.3 Å². The molecule has 0 saturated carbocycles. The summed E-state index contributed by atoms with van der Waals surface area (Å²) in [5, 5.41) is 5.28. The number of quaternary nitrogens is 2. The zero-order chi connectivity index (χ0) is 16.7. The number of nitrogens with one attached hydrogen (secondary N) is 2. The highest BCUT2D eigenvalue weighted by molar-refractivity contribution is 5.92. The molecular formula is C18H31N3O2+2. The van der Waals surface area contributed by atoms with E-state index in [0.29, 0.717) is 18.2 Å². The third kappa shape index (κ3) is 5.22. The average molecular weight is 321 g/mol. The Bertz CT molecular complexity index is 507. The van der Waals surface area contributed by atoms with Crippen LogP contribution in [0.2, 0.25) is 0 Å². The van der Waals surface area contributed by atoms with Gasteiger partial charge in [0.1, 0.15) is 18.3 Å². The number of carbonyl (C=O) groups excluding carboxylic acids is 1. The minimum absolute atomic E-state index is 0.0457. The van der Waals surface area contributed by atoms with Gasteiger partial charge in [0, 0.05) is 12.8 Å². The molecule has 1 fully saturated rings. The predicted molar refractivity (Wildman–Crippen MR) is 91.9 cm³/mol. The van der Waals surface area contributed by atoms with Gasteiger partial charge in [-0.2, -0.15) is 0 Å². The number of methoxy groups -OCH3 is 1. The fourth-order valence-electron chi connectivity index (χ4n) is 3.46. The van der Waals surface area contributed by atoms with Gasteiger partial charge in [-0.15, -0.1) is 0 Å². The number of ether oxygens (including phenoxy) is 1. The summed E-state index contributed by atoms with van der Waals surface area (Å²) < 4.78 is 5.27. The SMILES string of the molecule is CC[NH+]1CCC[C@H]1C[NH2+][C@@H](C)CC(=O)Nc1ccccc1OC. The summed E-state index contributed by atoms with van der Waals surface area (Å²) in [6, 6.07) is 8.56. The lowest BCUT2D eigenvalue weighted by atomic mass is 10.1. The lowest BCUT2D eigenvalue weighted by Crippen LogP contribution is -3.16. The molecule has 0 radical (unpaired) electrons. The summed E-state index contributed by atoms with van der Waals surface area (Å²) in [5.41, 5.74) is 0.740. The maximum atomic E-state index is 12.2. The number of para-hydroxylation sites is 2. The summed E-state index contributed by atoms with van der Waals surface area (Å²) in [6.07, 6.45) is 3.18. The topological polar surface area (TPSA) is 59.4 Å². The molecule has 2 rings (SSSR count). The summed E-state index contributed by atoms with van der Waals surface area (Å²) >= 11 is 0. The number of rotatable bonds is 8. The summed E-state index contributed by atoms with van der Waals surface area (Å²) in [5.74, 6) is 0.745. The molecule has 0 bridgehead atoms. The highest BCUT2D eigenvalue weighted by Crippen LogP contribution is 2.23. The third-order valence-electron chi connectivity index (χ3n) is 4.79. The van der Waals surface area contributed by atoms with Gasteiger partial charge in [-0.25, -0.2) is 0 Å². The van der Waals surface area contributed by atoms with Crippen molar-refractivity contribution in [3.63, 3.8) is 0 Å². The van der Waals surface area contributed by atoms with Crippen molar-refractivity contribution >= 4 is 11.6 Å². The molecule has 5 heteroatoms. The van der Waals surface area contributed by atoms with Crippen molar-refractivity contribution in [1.29, 1.82) is 0 Å². The normalized spacial score (nSPS) is 21.9. The van der Waals surface area contributed by atoms with Crippen LogP contribution in [0.15, 0.2) is 24.3 Å². The molecule has 4 N–H and O–H groups in total. The second-order valence-electron chi connectivity index (χ2n) is 6.50. The second kappa shape index (κ2) is 8.89. The molecule has 128 valence electrons. The molecule has 1 aromatic carbocycles. The first-order chi connectivity index (χ1) is 11.1. The molecule has 1 saturated heterocycles. The Balaban J connectivity index is 1.76.